The maximum atomic E-state index is 5.65. The Labute approximate surface area is 79.7 Å². The van der Waals surface area contributed by atoms with Crippen molar-refractivity contribution >= 4 is 0 Å². The van der Waals surface area contributed by atoms with E-state index in [4.69, 9.17) is 4.74 Å². The topological polar surface area (TPSA) is 12.5 Å². The fraction of sp³-hybridized carbons (Fsp3) is 0.500. The minimum atomic E-state index is 0.362. The Hall–Kier alpha value is -0.820. The first-order valence-electron chi connectivity index (χ1n) is 4.91. The molecule has 13 heavy (non-hydrogen) atoms. The van der Waals surface area contributed by atoms with Gasteiger partial charge in [-0.2, -0.15) is 0 Å². The lowest BCUT2D eigenvalue weighted by Crippen LogP contribution is -1.99. The molecular formula is C12H16O. The molecule has 0 amide bonds. The van der Waals surface area contributed by atoms with Gasteiger partial charge in [-0.15, -0.1) is 0 Å². The number of rotatable bonds is 2. The molecule has 1 saturated heterocycles. The van der Waals surface area contributed by atoms with Crippen molar-refractivity contribution in [3.8, 4) is 0 Å². The summed E-state index contributed by atoms with van der Waals surface area (Å²) in [5.41, 5.74) is 2.71. The second-order valence-electron chi connectivity index (χ2n) is 4.12. The number of aryl methyl sites for hydroxylation is 1. The van der Waals surface area contributed by atoms with Gasteiger partial charge in [0.15, 0.2) is 0 Å². The smallest absolute Gasteiger partial charge is 0.110 e. The lowest BCUT2D eigenvalue weighted by atomic mass is 9.99. The van der Waals surface area contributed by atoms with Crippen LogP contribution in [0.4, 0.5) is 0 Å². The van der Waals surface area contributed by atoms with Crippen molar-refractivity contribution in [1.82, 2.24) is 0 Å². The van der Waals surface area contributed by atoms with Gasteiger partial charge in [0.25, 0.3) is 0 Å². The lowest BCUT2D eigenvalue weighted by Gasteiger charge is -2.01. The lowest BCUT2D eigenvalue weighted by molar-refractivity contribution is 0.336. The molecule has 0 aromatic heterocycles. The summed E-state index contributed by atoms with van der Waals surface area (Å²) in [5, 5.41) is 0. The Morgan fingerprint density at radius 1 is 1.23 bits per heavy atom. The molecule has 1 aromatic carbocycles. The van der Waals surface area contributed by atoms with Crippen molar-refractivity contribution in [1.29, 1.82) is 0 Å². The monoisotopic (exact) mass is 176 g/mol. The first-order valence-corrected chi connectivity index (χ1v) is 4.91. The van der Waals surface area contributed by atoms with Crippen molar-refractivity contribution in [3.05, 3.63) is 35.4 Å². The van der Waals surface area contributed by atoms with Crippen molar-refractivity contribution in [2.45, 2.75) is 33.0 Å². The highest BCUT2D eigenvalue weighted by Gasteiger charge is 2.42. The van der Waals surface area contributed by atoms with Crippen molar-refractivity contribution in [2.75, 3.05) is 0 Å². The average molecular weight is 176 g/mol. The van der Waals surface area contributed by atoms with E-state index in [2.05, 4.69) is 45.0 Å². The maximum Gasteiger partial charge on any atom is 0.110 e. The average Bonchev–Trinajstić information content (AvgIpc) is 2.84. The molecular weight excluding hydrogens is 160 g/mol. The minimum absolute atomic E-state index is 0.362. The van der Waals surface area contributed by atoms with E-state index in [1.165, 1.54) is 11.1 Å². The molecule has 1 heterocycles. The molecule has 1 aromatic rings. The Balaban J connectivity index is 2.16. The van der Waals surface area contributed by atoms with Crippen LogP contribution in [0.2, 0.25) is 0 Å². The Morgan fingerprint density at radius 2 is 1.92 bits per heavy atom. The van der Waals surface area contributed by atoms with Crippen molar-refractivity contribution in [2.24, 2.45) is 5.92 Å². The van der Waals surface area contributed by atoms with E-state index in [-0.39, 0.29) is 0 Å². The third-order valence-electron chi connectivity index (χ3n) is 2.68. The van der Waals surface area contributed by atoms with Gasteiger partial charge in [0.2, 0.25) is 0 Å². The van der Waals surface area contributed by atoms with E-state index in [1.807, 2.05) is 0 Å². The molecule has 1 heteroatoms. The largest absolute Gasteiger partial charge is 0.364 e. The molecule has 70 valence electrons. The Kier molecular flexibility index (Phi) is 2.12. The van der Waals surface area contributed by atoms with E-state index in [1.54, 1.807) is 0 Å². The summed E-state index contributed by atoms with van der Waals surface area (Å²) in [6, 6.07) is 8.48. The van der Waals surface area contributed by atoms with Gasteiger partial charge in [-0.25, -0.2) is 0 Å². The second-order valence-corrected chi connectivity index (χ2v) is 4.12. The van der Waals surface area contributed by atoms with Crippen LogP contribution in [-0.4, -0.2) is 6.10 Å². The number of epoxide rings is 1. The van der Waals surface area contributed by atoms with Crippen LogP contribution in [-0.2, 0) is 4.74 Å². The predicted molar refractivity (Wildman–Crippen MR) is 53.6 cm³/mol. The van der Waals surface area contributed by atoms with Gasteiger partial charge in [0, 0.05) is 0 Å². The number of ether oxygens (including phenoxy) is 1. The SMILES string of the molecule is Cc1ccccc1[C@H]1O[C@@H]1C(C)C. The van der Waals surface area contributed by atoms with Crippen LogP contribution in [0, 0.1) is 12.8 Å². The third kappa shape index (κ3) is 1.61. The first-order chi connectivity index (χ1) is 6.20. The molecule has 0 spiro atoms. The van der Waals surface area contributed by atoms with Crippen LogP contribution in [0.25, 0.3) is 0 Å². The highest BCUT2D eigenvalue weighted by molar-refractivity contribution is 5.31. The van der Waals surface area contributed by atoms with Crippen LogP contribution in [0.3, 0.4) is 0 Å². The molecule has 1 fully saturated rings. The van der Waals surface area contributed by atoms with Gasteiger partial charge in [-0.1, -0.05) is 38.1 Å². The first kappa shape index (κ1) is 8.76. The quantitative estimate of drug-likeness (QED) is 0.631. The van der Waals surface area contributed by atoms with Crippen LogP contribution < -0.4 is 0 Å². The fourth-order valence-electron chi connectivity index (χ4n) is 1.79. The van der Waals surface area contributed by atoms with Gasteiger partial charge in [-0.05, 0) is 24.0 Å². The third-order valence-corrected chi connectivity index (χ3v) is 2.68. The highest BCUT2D eigenvalue weighted by atomic mass is 16.6. The zero-order valence-electron chi connectivity index (χ0n) is 8.45. The van der Waals surface area contributed by atoms with Crippen LogP contribution in [0.1, 0.15) is 31.1 Å². The normalized spacial score (nSPS) is 26.5. The minimum Gasteiger partial charge on any atom is -0.364 e. The fourth-order valence-corrected chi connectivity index (χ4v) is 1.79. The van der Waals surface area contributed by atoms with E-state index < -0.39 is 0 Å². The number of benzene rings is 1. The molecule has 0 aliphatic carbocycles. The van der Waals surface area contributed by atoms with E-state index in [0.29, 0.717) is 18.1 Å². The summed E-state index contributed by atoms with van der Waals surface area (Å²) in [6.45, 7) is 6.57. The molecule has 1 aliphatic rings. The number of hydrogen-bond acceptors (Lipinski definition) is 1. The standard InChI is InChI=1S/C12H16O/c1-8(2)11-12(13-11)10-7-5-4-6-9(10)3/h4-8,11-12H,1-3H3/t11-,12-/m1/s1. The van der Waals surface area contributed by atoms with E-state index in [0.717, 1.165) is 0 Å². The molecule has 2 rings (SSSR count). The van der Waals surface area contributed by atoms with Crippen molar-refractivity contribution in [3.63, 3.8) is 0 Å². The molecule has 0 bridgehead atoms. The molecule has 0 unspecified atom stereocenters. The highest BCUT2D eigenvalue weighted by Crippen LogP contribution is 2.43. The Bertz CT molecular complexity index is 304. The van der Waals surface area contributed by atoms with Crippen LogP contribution in [0.5, 0.6) is 0 Å². The molecule has 2 atom stereocenters. The van der Waals surface area contributed by atoms with Gasteiger partial charge in [-0.3, -0.25) is 0 Å². The predicted octanol–water partition coefficient (Wildman–Crippen LogP) is 3.09. The van der Waals surface area contributed by atoms with Gasteiger partial charge < -0.3 is 4.74 Å². The summed E-state index contributed by atoms with van der Waals surface area (Å²) in [4.78, 5) is 0. The summed E-state index contributed by atoms with van der Waals surface area (Å²) in [7, 11) is 0. The van der Waals surface area contributed by atoms with Gasteiger partial charge in [0.1, 0.15) is 6.10 Å². The van der Waals surface area contributed by atoms with Crippen LogP contribution in [0.15, 0.2) is 24.3 Å². The number of hydrogen-bond donors (Lipinski definition) is 0. The molecule has 1 aliphatic heterocycles. The molecule has 0 N–H and O–H groups in total. The zero-order valence-corrected chi connectivity index (χ0v) is 8.45. The summed E-state index contributed by atoms with van der Waals surface area (Å²) < 4.78 is 5.65. The summed E-state index contributed by atoms with van der Waals surface area (Å²) >= 11 is 0. The molecule has 0 radical (unpaired) electrons. The summed E-state index contributed by atoms with van der Waals surface area (Å²) in [6.07, 6.45) is 0.808. The maximum absolute atomic E-state index is 5.65. The zero-order chi connectivity index (χ0) is 9.42. The molecule has 0 saturated carbocycles. The van der Waals surface area contributed by atoms with Gasteiger partial charge >= 0.3 is 0 Å². The summed E-state index contributed by atoms with van der Waals surface area (Å²) in [5.74, 6) is 0.629. The van der Waals surface area contributed by atoms with E-state index >= 15 is 0 Å². The molecule has 1 nitrogen and oxygen atoms in total. The van der Waals surface area contributed by atoms with Crippen LogP contribution >= 0.6 is 0 Å². The van der Waals surface area contributed by atoms with Gasteiger partial charge in [0.05, 0.1) is 6.10 Å². The van der Waals surface area contributed by atoms with Crippen molar-refractivity contribution < 1.29 is 4.74 Å². The van der Waals surface area contributed by atoms with E-state index in [9.17, 15) is 0 Å². The Morgan fingerprint density at radius 3 is 2.46 bits per heavy atom. The second kappa shape index (κ2) is 3.15.